The zero-order valence-electron chi connectivity index (χ0n) is 13.1. The van der Waals surface area contributed by atoms with Gasteiger partial charge in [-0.25, -0.2) is 4.52 Å². The fraction of sp³-hybridized carbons (Fsp3) is 0.105. The number of ether oxygens (including phenoxy) is 1. The van der Waals surface area contributed by atoms with Crippen LogP contribution in [0.3, 0.4) is 0 Å². The number of benzene rings is 2. The number of aryl methyl sites for hydroxylation is 1. The highest BCUT2D eigenvalue weighted by Crippen LogP contribution is 2.27. The summed E-state index contributed by atoms with van der Waals surface area (Å²) >= 11 is 0. The first-order valence-corrected chi connectivity index (χ1v) is 7.51. The van der Waals surface area contributed by atoms with Gasteiger partial charge in [-0.15, -0.1) is 0 Å². The lowest BCUT2D eigenvalue weighted by molar-refractivity contribution is 0.415. The molecule has 4 aromatic rings. The summed E-state index contributed by atoms with van der Waals surface area (Å²) in [6.07, 6.45) is 2.06. The van der Waals surface area contributed by atoms with E-state index in [-0.39, 0.29) is 0 Å². The molecule has 0 spiro atoms. The number of fused-ring (bicyclic) bond motifs is 1. The minimum Gasteiger partial charge on any atom is -0.497 e. The van der Waals surface area contributed by atoms with Crippen molar-refractivity contribution in [1.29, 1.82) is 0 Å². The minimum atomic E-state index is 0.860. The topological polar surface area (TPSA) is 31.5 Å². The number of nitrogens with zero attached hydrogens (tertiary/aromatic N) is 3. The molecule has 0 fully saturated rings. The maximum atomic E-state index is 5.22. The van der Waals surface area contributed by atoms with Crippen LogP contribution in [0.15, 0.2) is 66.9 Å². The van der Waals surface area contributed by atoms with E-state index in [0.717, 1.165) is 33.9 Å². The van der Waals surface area contributed by atoms with Crippen LogP contribution >= 0.6 is 0 Å². The van der Waals surface area contributed by atoms with Crippen molar-refractivity contribution in [3.05, 3.63) is 66.9 Å². The van der Waals surface area contributed by atoms with Gasteiger partial charge in [0, 0.05) is 24.2 Å². The molecule has 4 rings (SSSR count). The standard InChI is InChI=1S/C19H17N3O/c1-21-18(15-8-10-16(23-2)11-9-15)13-22-19(21)12-17(20-22)14-6-4-3-5-7-14/h3-13H,1-2H3. The number of rotatable bonds is 3. The van der Waals surface area contributed by atoms with Gasteiger partial charge in [0.05, 0.1) is 24.7 Å². The van der Waals surface area contributed by atoms with Crippen LogP contribution in [0, 0.1) is 0 Å². The van der Waals surface area contributed by atoms with Crippen LogP contribution < -0.4 is 4.74 Å². The molecule has 0 atom stereocenters. The molecule has 114 valence electrons. The van der Waals surface area contributed by atoms with Crippen LogP contribution in [0.25, 0.3) is 28.2 Å². The highest BCUT2D eigenvalue weighted by molar-refractivity contribution is 5.69. The molecule has 0 amide bonds. The number of aromatic nitrogens is 3. The van der Waals surface area contributed by atoms with Crippen LogP contribution in [0.2, 0.25) is 0 Å². The lowest BCUT2D eigenvalue weighted by Crippen LogP contribution is -1.91. The first-order valence-electron chi connectivity index (χ1n) is 7.51. The quantitative estimate of drug-likeness (QED) is 0.572. The predicted octanol–water partition coefficient (Wildman–Crippen LogP) is 4.02. The molecule has 0 unspecified atom stereocenters. The van der Waals surface area contributed by atoms with Crippen molar-refractivity contribution in [1.82, 2.24) is 14.2 Å². The van der Waals surface area contributed by atoms with Gasteiger partial charge in [-0.1, -0.05) is 30.3 Å². The van der Waals surface area contributed by atoms with Crippen molar-refractivity contribution < 1.29 is 4.74 Å². The smallest absolute Gasteiger partial charge is 0.136 e. The Morgan fingerprint density at radius 1 is 0.913 bits per heavy atom. The van der Waals surface area contributed by atoms with Gasteiger partial charge in [-0.2, -0.15) is 5.10 Å². The second-order valence-electron chi connectivity index (χ2n) is 5.50. The van der Waals surface area contributed by atoms with Gasteiger partial charge in [0.2, 0.25) is 0 Å². The molecule has 4 nitrogen and oxygen atoms in total. The van der Waals surface area contributed by atoms with Gasteiger partial charge >= 0.3 is 0 Å². The largest absolute Gasteiger partial charge is 0.497 e. The molecule has 0 saturated heterocycles. The van der Waals surface area contributed by atoms with Crippen molar-refractivity contribution in [2.24, 2.45) is 7.05 Å². The van der Waals surface area contributed by atoms with E-state index < -0.39 is 0 Å². The molecular formula is C19H17N3O. The second kappa shape index (κ2) is 5.32. The number of hydrogen-bond donors (Lipinski definition) is 0. The van der Waals surface area contributed by atoms with E-state index in [1.165, 1.54) is 0 Å². The molecule has 0 aliphatic heterocycles. The van der Waals surface area contributed by atoms with Gasteiger partial charge in [0.15, 0.2) is 0 Å². The molecule has 0 aliphatic rings. The summed E-state index contributed by atoms with van der Waals surface area (Å²) in [6.45, 7) is 0. The third-order valence-corrected chi connectivity index (χ3v) is 4.12. The number of methoxy groups -OCH3 is 1. The Labute approximate surface area is 134 Å². The molecule has 0 bridgehead atoms. The Morgan fingerprint density at radius 2 is 1.65 bits per heavy atom. The Morgan fingerprint density at radius 3 is 2.30 bits per heavy atom. The molecule has 2 aromatic carbocycles. The summed E-state index contributed by atoms with van der Waals surface area (Å²) in [5.41, 5.74) is 5.43. The second-order valence-corrected chi connectivity index (χ2v) is 5.50. The summed E-state index contributed by atoms with van der Waals surface area (Å²) < 4.78 is 9.31. The summed E-state index contributed by atoms with van der Waals surface area (Å²) in [6, 6.07) is 20.4. The van der Waals surface area contributed by atoms with E-state index in [2.05, 4.69) is 48.1 Å². The Bertz CT molecular complexity index is 950. The monoisotopic (exact) mass is 303 g/mol. The zero-order valence-corrected chi connectivity index (χ0v) is 13.1. The maximum Gasteiger partial charge on any atom is 0.136 e. The summed E-state index contributed by atoms with van der Waals surface area (Å²) in [4.78, 5) is 0. The normalized spacial score (nSPS) is 11.0. The van der Waals surface area contributed by atoms with Crippen LogP contribution in [0.1, 0.15) is 0 Å². The molecule has 23 heavy (non-hydrogen) atoms. The van der Waals surface area contributed by atoms with Crippen LogP contribution in [0.5, 0.6) is 5.75 Å². The van der Waals surface area contributed by atoms with Crippen molar-refractivity contribution in [2.75, 3.05) is 7.11 Å². The number of imidazole rings is 1. The SMILES string of the molecule is COc1ccc(-c2cn3nc(-c4ccccc4)cc3n2C)cc1. The molecule has 2 heterocycles. The van der Waals surface area contributed by atoms with E-state index in [0.29, 0.717) is 0 Å². The van der Waals surface area contributed by atoms with Crippen molar-refractivity contribution >= 4 is 5.65 Å². The Balaban J connectivity index is 1.78. The van der Waals surface area contributed by atoms with E-state index in [4.69, 9.17) is 9.84 Å². The third kappa shape index (κ3) is 2.28. The fourth-order valence-electron chi connectivity index (χ4n) is 2.84. The van der Waals surface area contributed by atoms with E-state index in [1.54, 1.807) is 7.11 Å². The van der Waals surface area contributed by atoms with E-state index in [1.807, 2.05) is 34.8 Å². The summed E-state index contributed by atoms with van der Waals surface area (Å²) in [7, 11) is 3.74. The lowest BCUT2D eigenvalue weighted by Gasteiger charge is -2.04. The molecule has 2 aromatic heterocycles. The average molecular weight is 303 g/mol. The summed E-state index contributed by atoms with van der Waals surface area (Å²) in [5.74, 6) is 0.860. The molecule has 0 saturated carbocycles. The average Bonchev–Trinajstić information content (AvgIpc) is 3.16. The van der Waals surface area contributed by atoms with Gasteiger partial charge in [0.25, 0.3) is 0 Å². The van der Waals surface area contributed by atoms with Gasteiger partial charge in [0.1, 0.15) is 11.4 Å². The molecule has 4 heteroatoms. The van der Waals surface area contributed by atoms with Crippen LogP contribution in [0.4, 0.5) is 0 Å². The van der Waals surface area contributed by atoms with E-state index >= 15 is 0 Å². The van der Waals surface area contributed by atoms with Gasteiger partial charge < -0.3 is 9.30 Å². The minimum absolute atomic E-state index is 0.860. The van der Waals surface area contributed by atoms with Gasteiger partial charge in [-0.05, 0) is 24.3 Å². The molecular weight excluding hydrogens is 286 g/mol. The lowest BCUT2D eigenvalue weighted by atomic mass is 10.1. The highest BCUT2D eigenvalue weighted by Gasteiger charge is 2.12. The first kappa shape index (κ1) is 13.6. The van der Waals surface area contributed by atoms with E-state index in [9.17, 15) is 0 Å². The first-order chi connectivity index (χ1) is 11.3. The zero-order chi connectivity index (χ0) is 15.8. The molecule has 0 aliphatic carbocycles. The summed E-state index contributed by atoms with van der Waals surface area (Å²) in [5, 5.41) is 4.69. The fourth-order valence-corrected chi connectivity index (χ4v) is 2.84. The van der Waals surface area contributed by atoms with Crippen LogP contribution in [-0.4, -0.2) is 21.3 Å². The van der Waals surface area contributed by atoms with Gasteiger partial charge in [-0.3, -0.25) is 0 Å². The van der Waals surface area contributed by atoms with Crippen molar-refractivity contribution in [3.63, 3.8) is 0 Å². The Kier molecular flexibility index (Phi) is 3.15. The molecule has 0 N–H and O–H groups in total. The molecule has 0 radical (unpaired) electrons. The van der Waals surface area contributed by atoms with Crippen molar-refractivity contribution in [2.45, 2.75) is 0 Å². The van der Waals surface area contributed by atoms with Crippen LogP contribution in [-0.2, 0) is 7.05 Å². The highest BCUT2D eigenvalue weighted by atomic mass is 16.5. The van der Waals surface area contributed by atoms with Crippen molar-refractivity contribution in [3.8, 4) is 28.3 Å². The maximum absolute atomic E-state index is 5.22. The number of hydrogen-bond acceptors (Lipinski definition) is 2. The Hall–Kier alpha value is -3.01. The predicted molar refractivity (Wildman–Crippen MR) is 91.6 cm³/mol. The third-order valence-electron chi connectivity index (χ3n) is 4.12.